The molecular weight excluding hydrogens is 478 g/mol. The first-order valence-electron chi connectivity index (χ1n) is 12.2. The number of carbonyl (C=O) groups excluding carboxylic acids is 1. The van der Waals surface area contributed by atoms with Crippen LogP contribution >= 0.6 is 0 Å². The van der Waals surface area contributed by atoms with E-state index in [2.05, 4.69) is 40.4 Å². The van der Waals surface area contributed by atoms with Crippen molar-refractivity contribution in [2.45, 2.75) is 27.2 Å². The van der Waals surface area contributed by atoms with Crippen LogP contribution in [0.25, 0.3) is 55.8 Å². The molecule has 0 unspecified atom stereocenters. The molecule has 0 aliphatic carbocycles. The minimum Gasteiger partial charge on any atom is -0.335 e. The third kappa shape index (κ3) is 4.59. The Balaban J connectivity index is 1.36. The Morgan fingerprint density at radius 1 is 0.947 bits per heavy atom. The molecular formula is C28H25N9O. The summed E-state index contributed by atoms with van der Waals surface area (Å²) in [6.45, 7) is 6.09. The molecule has 6 aromatic heterocycles. The Labute approximate surface area is 218 Å². The summed E-state index contributed by atoms with van der Waals surface area (Å²) in [4.78, 5) is 38.1. The summed E-state index contributed by atoms with van der Waals surface area (Å²) in [5.41, 5.74) is 6.89. The molecule has 10 heteroatoms. The van der Waals surface area contributed by atoms with E-state index in [-0.39, 0.29) is 11.3 Å². The van der Waals surface area contributed by atoms with Gasteiger partial charge in [0.25, 0.3) is 0 Å². The number of anilines is 1. The summed E-state index contributed by atoms with van der Waals surface area (Å²) in [7, 11) is 0. The minimum absolute atomic E-state index is 0.0489. The van der Waals surface area contributed by atoms with E-state index in [1.807, 2.05) is 45.0 Å². The second-order valence-corrected chi connectivity index (χ2v) is 10.4. The number of hydrogen-bond donors (Lipinski definition) is 3. The van der Waals surface area contributed by atoms with Crippen LogP contribution in [0.2, 0.25) is 0 Å². The van der Waals surface area contributed by atoms with E-state index >= 15 is 0 Å². The van der Waals surface area contributed by atoms with Crippen LogP contribution in [0, 0.1) is 5.41 Å². The quantitative estimate of drug-likeness (QED) is 0.286. The SMILES string of the molecule is CC(C)(C)CC(=O)Nc1cncc(-c2cnc3n[nH]c(-c4nc5c(-c6cccnc6)cncc5[nH]4)c3c2)c1. The highest BCUT2D eigenvalue weighted by atomic mass is 16.1. The number of hydrogen-bond acceptors (Lipinski definition) is 7. The molecule has 0 aliphatic rings. The molecule has 6 rings (SSSR count). The van der Waals surface area contributed by atoms with E-state index in [9.17, 15) is 4.79 Å². The van der Waals surface area contributed by atoms with Gasteiger partial charge in [-0.15, -0.1) is 0 Å². The van der Waals surface area contributed by atoms with Gasteiger partial charge in [-0.1, -0.05) is 26.8 Å². The summed E-state index contributed by atoms with van der Waals surface area (Å²) in [6.07, 6.45) is 12.6. The molecule has 6 aromatic rings. The topological polar surface area (TPSA) is 138 Å². The Morgan fingerprint density at radius 3 is 2.58 bits per heavy atom. The number of amides is 1. The maximum Gasteiger partial charge on any atom is 0.224 e. The van der Waals surface area contributed by atoms with Gasteiger partial charge in [-0.3, -0.25) is 24.8 Å². The van der Waals surface area contributed by atoms with Gasteiger partial charge in [0.1, 0.15) is 11.2 Å². The molecule has 188 valence electrons. The Hall–Kier alpha value is -4.99. The maximum absolute atomic E-state index is 12.4. The summed E-state index contributed by atoms with van der Waals surface area (Å²) in [5.74, 6) is 0.577. The first-order chi connectivity index (χ1) is 18.3. The number of aromatic amines is 2. The molecule has 0 bridgehead atoms. The molecule has 0 aliphatic heterocycles. The summed E-state index contributed by atoms with van der Waals surface area (Å²) in [5, 5.41) is 11.2. The van der Waals surface area contributed by atoms with E-state index in [0.29, 0.717) is 29.3 Å². The summed E-state index contributed by atoms with van der Waals surface area (Å²) in [6, 6.07) is 7.75. The number of H-pyrrole nitrogens is 2. The van der Waals surface area contributed by atoms with E-state index in [1.54, 1.807) is 43.4 Å². The smallest absolute Gasteiger partial charge is 0.224 e. The minimum atomic E-state index is -0.104. The fourth-order valence-electron chi connectivity index (χ4n) is 4.38. The Bertz CT molecular complexity index is 1780. The average molecular weight is 504 g/mol. The molecule has 1 amide bonds. The second kappa shape index (κ2) is 9.15. The van der Waals surface area contributed by atoms with Gasteiger partial charge in [-0.2, -0.15) is 5.10 Å². The zero-order valence-corrected chi connectivity index (χ0v) is 21.1. The summed E-state index contributed by atoms with van der Waals surface area (Å²) < 4.78 is 0. The molecule has 0 radical (unpaired) electrons. The normalized spacial score (nSPS) is 11.8. The standard InChI is InChI=1S/C28H25N9O/c1-28(2,3)9-23(38)33-19-7-17(11-30-13-19)18-8-20-25(36-37-26(20)32-12-18)27-34-22-15-31-14-21(24(22)35-27)16-5-4-6-29-10-16/h4-8,10-15H,9H2,1-3H3,(H,33,38)(H,34,35)(H,32,36,37). The van der Waals surface area contributed by atoms with Crippen LogP contribution in [0.3, 0.4) is 0 Å². The first-order valence-corrected chi connectivity index (χ1v) is 12.2. The Kier molecular flexibility index (Phi) is 5.64. The van der Waals surface area contributed by atoms with Gasteiger partial charge in [-0.05, 0) is 23.6 Å². The number of carbonyl (C=O) groups is 1. The molecule has 0 saturated carbocycles. The lowest BCUT2D eigenvalue weighted by atomic mass is 9.92. The van der Waals surface area contributed by atoms with Crippen LogP contribution in [-0.4, -0.2) is 46.0 Å². The van der Waals surface area contributed by atoms with E-state index in [0.717, 1.165) is 38.7 Å². The van der Waals surface area contributed by atoms with Crippen molar-refractivity contribution in [3.63, 3.8) is 0 Å². The van der Waals surface area contributed by atoms with Crippen LogP contribution in [0.15, 0.2) is 67.6 Å². The molecule has 0 atom stereocenters. The lowest BCUT2D eigenvalue weighted by Gasteiger charge is -2.17. The predicted octanol–water partition coefficient (Wildman–Crippen LogP) is 5.39. The van der Waals surface area contributed by atoms with E-state index < -0.39 is 0 Å². The van der Waals surface area contributed by atoms with Crippen LogP contribution in [0.4, 0.5) is 5.69 Å². The first kappa shape index (κ1) is 23.4. The number of fused-ring (bicyclic) bond motifs is 2. The van der Waals surface area contributed by atoms with Crippen molar-refractivity contribution in [3.8, 4) is 33.8 Å². The van der Waals surface area contributed by atoms with Crippen LogP contribution in [-0.2, 0) is 4.79 Å². The molecule has 0 saturated heterocycles. The van der Waals surface area contributed by atoms with Crippen LogP contribution in [0.5, 0.6) is 0 Å². The maximum atomic E-state index is 12.4. The van der Waals surface area contributed by atoms with E-state index in [4.69, 9.17) is 4.98 Å². The third-order valence-electron chi connectivity index (χ3n) is 6.06. The summed E-state index contributed by atoms with van der Waals surface area (Å²) >= 11 is 0. The van der Waals surface area contributed by atoms with Gasteiger partial charge >= 0.3 is 0 Å². The van der Waals surface area contributed by atoms with Crippen LogP contribution in [0.1, 0.15) is 27.2 Å². The average Bonchev–Trinajstić information content (AvgIpc) is 3.51. The van der Waals surface area contributed by atoms with Gasteiger partial charge < -0.3 is 10.3 Å². The van der Waals surface area contributed by atoms with Gasteiger partial charge in [-0.25, -0.2) is 9.97 Å². The highest BCUT2D eigenvalue weighted by Crippen LogP contribution is 2.32. The zero-order chi connectivity index (χ0) is 26.3. The third-order valence-corrected chi connectivity index (χ3v) is 6.06. The zero-order valence-electron chi connectivity index (χ0n) is 21.1. The van der Waals surface area contributed by atoms with Crippen molar-refractivity contribution in [3.05, 3.63) is 67.6 Å². The van der Waals surface area contributed by atoms with Crippen molar-refractivity contribution in [2.24, 2.45) is 5.41 Å². The largest absolute Gasteiger partial charge is 0.335 e. The molecule has 6 heterocycles. The van der Waals surface area contributed by atoms with Gasteiger partial charge in [0.15, 0.2) is 11.5 Å². The number of imidazole rings is 1. The monoisotopic (exact) mass is 503 g/mol. The number of nitrogens with one attached hydrogen (secondary N) is 3. The van der Waals surface area contributed by atoms with Gasteiger partial charge in [0, 0.05) is 59.7 Å². The predicted molar refractivity (Wildman–Crippen MR) is 146 cm³/mol. The second-order valence-electron chi connectivity index (χ2n) is 10.4. The molecule has 0 spiro atoms. The Morgan fingerprint density at radius 2 is 1.76 bits per heavy atom. The van der Waals surface area contributed by atoms with Crippen molar-refractivity contribution < 1.29 is 4.79 Å². The van der Waals surface area contributed by atoms with Crippen molar-refractivity contribution in [2.75, 3.05) is 5.32 Å². The number of nitrogens with zero attached hydrogens (tertiary/aromatic N) is 6. The molecule has 0 aromatic carbocycles. The van der Waals surface area contributed by atoms with Crippen LogP contribution < -0.4 is 5.32 Å². The van der Waals surface area contributed by atoms with Gasteiger partial charge in [0.05, 0.1) is 29.0 Å². The van der Waals surface area contributed by atoms with Crippen molar-refractivity contribution in [1.29, 1.82) is 0 Å². The molecule has 3 N–H and O–H groups in total. The molecule has 0 fully saturated rings. The number of rotatable bonds is 5. The van der Waals surface area contributed by atoms with Crippen molar-refractivity contribution in [1.82, 2.24) is 40.1 Å². The molecule has 10 nitrogen and oxygen atoms in total. The van der Waals surface area contributed by atoms with E-state index in [1.165, 1.54) is 0 Å². The number of pyridine rings is 4. The lowest BCUT2D eigenvalue weighted by Crippen LogP contribution is -2.19. The van der Waals surface area contributed by atoms with Crippen molar-refractivity contribution >= 4 is 33.7 Å². The highest BCUT2D eigenvalue weighted by Gasteiger charge is 2.18. The fourth-order valence-corrected chi connectivity index (χ4v) is 4.38. The number of aromatic nitrogens is 8. The fraction of sp³-hybridized carbons (Fsp3) is 0.179. The highest BCUT2D eigenvalue weighted by molar-refractivity contribution is 5.97. The molecule has 38 heavy (non-hydrogen) atoms. The lowest BCUT2D eigenvalue weighted by molar-refractivity contribution is -0.117. The van der Waals surface area contributed by atoms with Gasteiger partial charge in [0.2, 0.25) is 5.91 Å².